The average Bonchev–Trinajstić information content (AvgIpc) is 2.74. The fraction of sp³-hybridized carbons (Fsp3) is 0.455. The molecular weight excluding hydrogens is 350 g/mol. The Balaban J connectivity index is 1.41. The highest BCUT2D eigenvalue weighted by Crippen LogP contribution is 2.24. The molecule has 0 radical (unpaired) electrons. The Morgan fingerprint density at radius 3 is 2.79 bits per heavy atom. The summed E-state index contributed by atoms with van der Waals surface area (Å²) in [5.41, 5.74) is 2.54. The SMILES string of the molecule is CN=C(NCCCCNc1ccccn1)N1CCOC(c2ccccc2C)C1. The van der Waals surface area contributed by atoms with Crippen LogP contribution in [0.15, 0.2) is 53.7 Å². The summed E-state index contributed by atoms with van der Waals surface area (Å²) in [5.74, 6) is 1.89. The summed E-state index contributed by atoms with van der Waals surface area (Å²) >= 11 is 0. The van der Waals surface area contributed by atoms with Gasteiger partial charge >= 0.3 is 0 Å². The Bertz CT molecular complexity index is 750. The number of anilines is 1. The Morgan fingerprint density at radius 2 is 2.00 bits per heavy atom. The van der Waals surface area contributed by atoms with Gasteiger partial charge in [0.2, 0.25) is 0 Å². The van der Waals surface area contributed by atoms with Crippen LogP contribution in [-0.2, 0) is 4.74 Å². The van der Waals surface area contributed by atoms with E-state index in [9.17, 15) is 0 Å². The summed E-state index contributed by atoms with van der Waals surface area (Å²) in [5, 5.41) is 6.84. The van der Waals surface area contributed by atoms with E-state index in [-0.39, 0.29) is 6.10 Å². The van der Waals surface area contributed by atoms with Gasteiger partial charge in [-0.1, -0.05) is 30.3 Å². The van der Waals surface area contributed by atoms with Gasteiger partial charge < -0.3 is 20.3 Å². The summed E-state index contributed by atoms with van der Waals surface area (Å²) < 4.78 is 6.03. The summed E-state index contributed by atoms with van der Waals surface area (Å²) in [7, 11) is 1.85. The van der Waals surface area contributed by atoms with Crippen LogP contribution in [0.5, 0.6) is 0 Å². The molecule has 2 aromatic rings. The molecule has 1 fully saturated rings. The van der Waals surface area contributed by atoms with Crippen molar-refractivity contribution in [2.75, 3.05) is 45.2 Å². The van der Waals surface area contributed by atoms with Gasteiger partial charge in [-0.15, -0.1) is 0 Å². The number of ether oxygens (including phenoxy) is 1. The number of rotatable bonds is 7. The number of benzene rings is 1. The minimum Gasteiger partial charge on any atom is -0.370 e. The maximum absolute atomic E-state index is 6.03. The predicted molar refractivity (Wildman–Crippen MR) is 115 cm³/mol. The molecule has 1 saturated heterocycles. The number of aryl methyl sites for hydroxylation is 1. The number of nitrogens with zero attached hydrogens (tertiary/aromatic N) is 3. The molecule has 1 atom stereocenters. The van der Waals surface area contributed by atoms with E-state index in [1.54, 1.807) is 6.20 Å². The molecule has 1 aliphatic rings. The number of nitrogens with one attached hydrogen (secondary N) is 2. The van der Waals surface area contributed by atoms with Crippen LogP contribution in [0.4, 0.5) is 5.82 Å². The average molecular weight is 382 g/mol. The zero-order valence-electron chi connectivity index (χ0n) is 16.9. The molecule has 6 nitrogen and oxygen atoms in total. The van der Waals surface area contributed by atoms with E-state index < -0.39 is 0 Å². The first-order chi connectivity index (χ1) is 13.8. The second kappa shape index (κ2) is 10.7. The van der Waals surface area contributed by atoms with E-state index in [1.165, 1.54) is 11.1 Å². The summed E-state index contributed by atoms with van der Waals surface area (Å²) in [6.07, 6.45) is 4.05. The quantitative estimate of drug-likeness (QED) is 0.438. The summed E-state index contributed by atoms with van der Waals surface area (Å²) in [4.78, 5) is 11.0. The van der Waals surface area contributed by atoms with Crippen molar-refractivity contribution in [1.29, 1.82) is 0 Å². The second-order valence-corrected chi connectivity index (χ2v) is 6.98. The lowest BCUT2D eigenvalue weighted by Crippen LogP contribution is -2.48. The van der Waals surface area contributed by atoms with Gasteiger partial charge in [-0.05, 0) is 43.0 Å². The topological polar surface area (TPSA) is 61.8 Å². The third kappa shape index (κ3) is 5.70. The van der Waals surface area contributed by atoms with Crippen LogP contribution >= 0.6 is 0 Å². The van der Waals surface area contributed by atoms with Gasteiger partial charge in [0.15, 0.2) is 5.96 Å². The third-order valence-corrected chi connectivity index (χ3v) is 4.97. The maximum Gasteiger partial charge on any atom is 0.193 e. The first-order valence-electron chi connectivity index (χ1n) is 10.1. The van der Waals surface area contributed by atoms with Gasteiger partial charge in [-0.2, -0.15) is 0 Å². The number of hydrogen-bond acceptors (Lipinski definition) is 4. The van der Waals surface area contributed by atoms with Crippen molar-refractivity contribution in [2.24, 2.45) is 4.99 Å². The molecule has 1 aliphatic heterocycles. The molecule has 0 aliphatic carbocycles. The minimum absolute atomic E-state index is 0.0936. The highest BCUT2D eigenvalue weighted by Gasteiger charge is 2.24. The third-order valence-electron chi connectivity index (χ3n) is 4.97. The maximum atomic E-state index is 6.03. The number of guanidine groups is 1. The monoisotopic (exact) mass is 381 g/mol. The Kier molecular flexibility index (Phi) is 7.67. The van der Waals surface area contributed by atoms with Crippen molar-refractivity contribution in [3.05, 3.63) is 59.8 Å². The molecule has 0 spiro atoms. The molecule has 28 heavy (non-hydrogen) atoms. The molecule has 6 heteroatoms. The van der Waals surface area contributed by atoms with E-state index in [0.717, 1.165) is 50.8 Å². The van der Waals surface area contributed by atoms with E-state index >= 15 is 0 Å². The van der Waals surface area contributed by atoms with Crippen molar-refractivity contribution in [2.45, 2.75) is 25.9 Å². The normalized spacial score (nSPS) is 17.4. The molecule has 1 unspecified atom stereocenters. The van der Waals surface area contributed by atoms with Crippen LogP contribution < -0.4 is 10.6 Å². The Labute approximate surface area is 168 Å². The largest absolute Gasteiger partial charge is 0.370 e. The standard InChI is InChI=1S/C22H31N5O/c1-18-9-3-4-10-19(18)20-17-27(15-16-28-20)22(23-2)26-14-8-7-13-25-21-11-5-6-12-24-21/h3-6,9-12,20H,7-8,13-17H2,1-2H3,(H,23,26)(H,24,25). The van der Waals surface area contributed by atoms with Gasteiger partial charge in [-0.3, -0.25) is 4.99 Å². The van der Waals surface area contributed by atoms with E-state index in [0.29, 0.717) is 6.61 Å². The molecule has 0 amide bonds. The molecule has 0 saturated carbocycles. The first kappa shape index (κ1) is 20.1. The van der Waals surface area contributed by atoms with Crippen molar-refractivity contribution in [3.8, 4) is 0 Å². The lowest BCUT2D eigenvalue weighted by atomic mass is 10.0. The van der Waals surface area contributed by atoms with E-state index in [2.05, 4.69) is 56.7 Å². The molecule has 2 heterocycles. The fourth-order valence-electron chi connectivity index (χ4n) is 3.44. The van der Waals surface area contributed by atoms with E-state index in [4.69, 9.17) is 4.74 Å². The highest BCUT2D eigenvalue weighted by molar-refractivity contribution is 5.80. The van der Waals surface area contributed by atoms with Crippen LogP contribution in [-0.4, -0.2) is 55.7 Å². The van der Waals surface area contributed by atoms with Crippen molar-refractivity contribution in [1.82, 2.24) is 15.2 Å². The van der Waals surface area contributed by atoms with Crippen molar-refractivity contribution < 1.29 is 4.74 Å². The van der Waals surface area contributed by atoms with Gasteiger partial charge in [0.1, 0.15) is 11.9 Å². The molecular formula is C22H31N5O. The number of aliphatic imine (C=N–C) groups is 1. The summed E-state index contributed by atoms with van der Waals surface area (Å²) in [6.45, 7) is 6.37. The number of aromatic nitrogens is 1. The summed E-state index contributed by atoms with van der Waals surface area (Å²) in [6, 6.07) is 14.4. The van der Waals surface area contributed by atoms with Gasteiger partial charge in [0, 0.05) is 32.9 Å². The number of pyridine rings is 1. The van der Waals surface area contributed by atoms with Crippen LogP contribution in [0.25, 0.3) is 0 Å². The Morgan fingerprint density at radius 1 is 1.18 bits per heavy atom. The molecule has 2 N–H and O–H groups in total. The predicted octanol–water partition coefficient (Wildman–Crippen LogP) is 3.23. The number of hydrogen-bond donors (Lipinski definition) is 2. The molecule has 3 rings (SSSR count). The van der Waals surface area contributed by atoms with E-state index in [1.807, 2.05) is 25.2 Å². The van der Waals surface area contributed by atoms with Gasteiger partial charge in [0.05, 0.1) is 13.2 Å². The molecule has 150 valence electrons. The van der Waals surface area contributed by atoms with Crippen LogP contribution in [0.2, 0.25) is 0 Å². The molecule has 0 bridgehead atoms. The first-order valence-corrected chi connectivity index (χ1v) is 10.1. The van der Waals surface area contributed by atoms with Crippen LogP contribution in [0, 0.1) is 6.92 Å². The lowest BCUT2D eigenvalue weighted by molar-refractivity contribution is -0.00830. The fourth-order valence-corrected chi connectivity index (χ4v) is 3.44. The minimum atomic E-state index is 0.0936. The Hall–Kier alpha value is -2.60. The van der Waals surface area contributed by atoms with Gasteiger partial charge in [-0.25, -0.2) is 4.98 Å². The lowest BCUT2D eigenvalue weighted by Gasteiger charge is -2.35. The second-order valence-electron chi connectivity index (χ2n) is 6.98. The smallest absolute Gasteiger partial charge is 0.193 e. The zero-order valence-corrected chi connectivity index (χ0v) is 16.9. The van der Waals surface area contributed by atoms with Crippen LogP contribution in [0.1, 0.15) is 30.1 Å². The number of morpholine rings is 1. The van der Waals surface area contributed by atoms with Crippen molar-refractivity contribution in [3.63, 3.8) is 0 Å². The zero-order chi connectivity index (χ0) is 19.6. The molecule has 1 aromatic carbocycles. The molecule has 1 aromatic heterocycles. The highest BCUT2D eigenvalue weighted by atomic mass is 16.5. The number of unbranched alkanes of at least 4 members (excludes halogenated alkanes) is 1. The van der Waals surface area contributed by atoms with Gasteiger partial charge in [0.25, 0.3) is 0 Å². The van der Waals surface area contributed by atoms with Crippen LogP contribution in [0.3, 0.4) is 0 Å². The van der Waals surface area contributed by atoms with Crippen molar-refractivity contribution >= 4 is 11.8 Å².